The minimum atomic E-state index is -0.323. The third-order valence-electron chi connectivity index (χ3n) is 3.16. The number of thiophene rings is 1. The Morgan fingerprint density at radius 2 is 1.95 bits per heavy atom. The first-order valence-electron chi connectivity index (χ1n) is 6.05. The highest BCUT2D eigenvalue weighted by atomic mass is 79.9. The van der Waals surface area contributed by atoms with Gasteiger partial charge >= 0.3 is 5.97 Å². The number of benzene rings is 2. The third kappa shape index (κ3) is 2.25. The molecule has 0 unspecified atom stereocenters. The van der Waals surface area contributed by atoms with Crippen LogP contribution in [0.4, 0.5) is 0 Å². The van der Waals surface area contributed by atoms with Crippen molar-refractivity contribution in [3.8, 4) is 11.1 Å². The van der Waals surface area contributed by atoms with E-state index in [9.17, 15) is 4.79 Å². The second-order valence-electron chi connectivity index (χ2n) is 4.33. The van der Waals surface area contributed by atoms with E-state index >= 15 is 0 Å². The molecular formula is C16H11BrO2S. The van der Waals surface area contributed by atoms with Crippen LogP contribution in [0.3, 0.4) is 0 Å². The van der Waals surface area contributed by atoms with Gasteiger partial charge in [-0.3, -0.25) is 0 Å². The molecule has 0 radical (unpaired) electrons. The fraction of sp³-hybridized carbons (Fsp3) is 0.0625. The molecule has 3 rings (SSSR count). The minimum absolute atomic E-state index is 0.323. The molecule has 0 bridgehead atoms. The van der Waals surface area contributed by atoms with Crippen molar-refractivity contribution in [3.05, 3.63) is 57.9 Å². The zero-order valence-electron chi connectivity index (χ0n) is 10.7. The molecule has 100 valence electrons. The van der Waals surface area contributed by atoms with Crippen LogP contribution in [0.15, 0.2) is 52.3 Å². The maximum absolute atomic E-state index is 12.0. The van der Waals surface area contributed by atoms with Crippen LogP contribution >= 0.6 is 27.3 Å². The number of rotatable bonds is 2. The lowest BCUT2D eigenvalue weighted by atomic mass is 9.99. The van der Waals surface area contributed by atoms with Gasteiger partial charge in [0.1, 0.15) is 0 Å². The van der Waals surface area contributed by atoms with Crippen molar-refractivity contribution in [2.45, 2.75) is 0 Å². The summed E-state index contributed by atoms with van der Waals surface area (Å²) in [6.07, 6.45) is 0. The Morgan fingerprint density at radius 1 is 1.15 bits per heavy atom. The molecule has 0 fully saturated rings. The smallest absolute Gasteiger partial charge is 0.338 e. The predicted molar refractivity (Wildman–Crippen MR) is 86.3 cm³/mol. The Morgan fingerprint density at radius 3 is 2.75 bits per heavy atom. The second kappa shape index (κ2) is 5.38. The first-order valence-corrected chi connectivity index (χ1v) is 7.72. The fourth-order valence-electron chi connectivity index (χ4n) is 2.22. The van der Waals surface area contributed by atoms with Gasteiger partial charge < -0.3 is 4.74 Å². The highest BCUT2D eigenvalue weighted by Gasteiger charge is 2.16. The summed E-state index contributed by atoms with van der Waals surface area (Å²) in [5.41, 5.74) is 2.54. The monoisotopic (exact) mass is 346 g/mol. The Kier molecular flexibility index (Phi) is 3.59. The van der Waals surface area contributed by atoms with Crippen LogP contribution in [0.2, 0.25) is 0 Å². The van der Waals surface area contributed by atoms with Crippen molar-refractivity contribution in [1.82, 2.24) is 0 Å². The van der Waals surface area contributed by atoms with Gasteiger partial charge in [-0.1, -0.05) is 40.2 Å². The lowest BCUT2D eigenvalue weighted by molar-refractivity contribution is 0.0601. The summed E-state index contributed by atoms with van der Waals surface area (Å²) < 4.78 is 6.96. The van der Waals surface area contributed by atoms with Crippen LogP contribution in [0, 0.1) is 0 Å². The van der Waals surface area contributed by atoms with E-state index < -0.39 is 0 Å². The standard InChI is InChI=1S/C16H11BrO2S/c1-19-16(18)13-8-10(17)6-7-11(13)14-9-20-15-5-3-2-4-12(14)15/h2-9H,1H3. The zero-order chi connectivity index (χ0) is 14.1. The van der Waals surface area contributed by atoms with Crippen LogP contribution in [0.25, 0.3) is 21.2 Å². The van der Waals surface area contributed by atoms with Gasteiger partial charge in [0.25, 0.3) is 0 Å². The number of methoxy groups -OCH3 is 1. The number of carbonyl (C=O) groups excluding carboxylic acids is 1. The highest BCUT2D eigenvalue weighted by Crippen LogP contribution is 2.36. The number of halogens is 1. The molecule has 1 heterocycles. The van der Waals surface area contributed by atoms with Gasteiger partial charge in [0.15, 0.2) is 0 Å². The largest absolute Gasteiger partial charge is 0.465 e. The van der Waals surface area contributed by atoms with Crippen molar-refractivity contribution in [1.29, 1.82) is 0 Å². The van der Waals surface area contributed by atoms with Crippen molar-refractivity contribution in [3.63, 3.8) is 0 Å². The summed E-state index contributed by atoms with van der Waals surface area (Å²) >= 11 is 5.08. The number of hydrogen-bond donors (Lipinski definition) is 0. The molecule has 2 nitrogen and oxygen atoms in total. The molecule has 3 aromatic rings. The van der Waals surface area contributed by atoms with Crippen molar-refractivity contribution in [2.24, 2.45) is 0 Å². The van der Waals surface area contributed by atoms with E-state index in [0.29, 0.717) is 5.56 Å². The normalized spacial score (nSPS) is 10.7. The molecule has 0 amide bonds. The van der Waals surface area contributed by atoms with Gasteiger partial charge in [-0.25, -0.2) is 4.79 Å². The van der Waals surface area contributed by atoms with Gasteiger partial charge in [0, 0.05) is 20.1 Å². The summed E-state index contributed by atoms with van der Waals surface area (Å²) in [4.78, 5) is 12.0. The first kappa shape index (κ1) is 13.3. The van der Waals surface area contributed by atoms with Gasteiger partial charge in [-0.15, -0.1) is 11.3 Å². The maximum atomic E-state index is 12.0. The van der Waals surface area contributed by atoms with E-state index in [0.717, 1.165) is 21.0 Å². The topological polar surface area (TPSA) is 26.3 Å². The summed E-state index contributed by atoms with van der Waals surface area (Å²) in [6.45, 7) is 0. The molecule has 2 aromatic carbocycles. The Balaban J connectivity index is 2.26. The van der Waals surface area contributed by atoms with E-state index in [1.807, 2.05) is 24.3 Å². The third-order valence-corrected chi connectivity index (χ3v) is 4.61. The highest BCUT2D eigenvalue weighted by molar-refractivity contribution is 9.10. The number of carbonyl (C=O) groups is 1. The van der Waals surface area contributed by atoms with Gasteiger partial charge in [0.2, 0.25) is 0 Å². The van der Waals surface area contributed by atoms with E-state index in [-0.39, 0.29) is 5.97 Å². The Hall–Kier alpha value is -1.65. The Bertz CT molecular complexity index is 792. The maximum Gasteiger partial charge on any atom is 0.338 e. The lowest BCUT2D eigenvalue weighted by Crippen LogP contribution is -2.03. The van der Waals surface area contributed by atoms with Crippen molar-refractivity contribution < 1.29 is 9.53 Å². The van der Waals surface area contributed by atoms with Gasteiger partial charge in [0.05, 0.1) is 12.7 Å². The Labute approximate surface area is 129 Å². The fourth-order valence-corrected chi connectivity index (χ4v) is 3.54. The predicted octanol–water partition coefficient (Wildman–Crippen LogP) is 5.12. The molecule has 0 N–H and O–H groups in total. The molecule has 4 heteroatoms. The van der Waals surface area contributed by atoms with Gasteiger partial charge in [-0.2, -0.15) is 0 Å². The first-order chi connectivity index (χ1) is 9.70. The van der Waals surface area contributed by atoms with Crippen LogP contribution in [0.5, 0.6) is 0 Å². The summed E-state index contributed by atoms with van der Waals surface area (Å²) in [5.74, 6) is -0.323. The zero-order valence-corrected chi connectivity index (χ0v) is 13.1. The SMILES string of the molecule is COC(=O)c1cc(Br)ccc1-c1csc2ccccc12. The van der Waals surface area contributed by atoms with Crippen LogP contribution in [-0.4, -0.2) is 13.1 Å². The van der Waals surface area contributed by atoms with Gasteiger partial charge in [-0.05, 0) is 29.1 Å². The van der Waals surface area contributed by atoms with E-state index in [2.05, 4.69) is 33.4 Å². The molecule has 0 spiro atoms. The van der Waals surface area contributed by atoms with E-state index in [1.54, 1.807) is 17.4 Å². The molecule has 0 atom stereocenters. The number of ether oxygens (including phenoxy) is 1. The average molecular weight is 347 g/mol. The van der Waals surface area contributed by atoms with Crippen molar-refractivity contribution in [2.75, 3.05) is 7.11 Å². The molecular weight excluding hydrogens is 336 g/mol. The number of hydrogen-bond acceptors (Lipinski definition) is 3. The molecule has 0 saturated carbocycles. The quantitative estimate of drug-likeness (QED) is 0.602. The van der Waals surface area contributed by atoms with Crippen LogP contribution < -0.4 is 0 Å². The molecule has 20 heavy (non-hydrogen) atoms. The van der Waals surface area contributed by atoms with Crippen LogP contribution in [-0.2, 0) is 4.74 Å². The summed E-state index contributed by atoms with van der Waals surface area (Å²) in [7, 11) is 1.40. The summed E-state index contributed by atoms with van der Waals surface area (Å²) in [5, 5.41) is 3.24. The van der Waals surface area contributed by atoms with E-state index in [4.69, 9.17) is 4.74 Å². The number of fused-ring (bicyclic) bond motifs is 1. The van der Waals surface area contributed by atoms with Crippen LogP contribution in [0.1, 0.15) is 10.4 Å². The molecule has 0 aliphatic rings. The van der Waals surface area contributed by atoms with E-state index in [1.165, 1.54) is 11.8 Å². The number of esters is 1. The molecule has 0 aliphatic heterocycles. The average Bonchev–Trinajstić information content (AvgIpc) is 2.90. The molecule has 0 aliphatic carbocycles. The lowest BCUT2D eigenvalue weighted by Gasteiger charge is -2.08. The second-order valence-corrected chi connectivity index (χ2v) is 6.15. The molecule has 1 aromatic heterocycles. The van der Waals surface area contributed by atoms with Crippen molar-refractivity contribution >= 4 is 43.3 Å². The molecule has 0 saturated heterocycles. The summed E-state index contributed by atoms with van der Waals surface area (Å²) in [6, 6.07) is 13.9. The minimum Gasteiger partial charge on any atom is -0.465 e.